The first-order valence-electron chi connectivity index (χ1n) is 9.81. The third kappa shape index (κ3) is 5.33. The lowest BCUT2D eigenvalue weighted by Gasteiger charge is -2.23. The molecule has 0 radical (unpaired) electrons. The minimum atomic E-state index is -3.59. The first-order valence-corrected chi connectivity index (χ1v) is 11.3. The minimum Gasteiger partial charge on any atom is -0.354 e. The Morgan fingerprint density at radius 3 is 2.59 bits per heavy atom. The van der Waals surface area contributed by atoms with E-state index in [0.29, 0.717) is 28.3 Å². The smallest absolute Gasteiger partial charge is 0.241 e. The van der Waals surface area contributed by atoms with Crippen molar-refractivity contribution in [2.45, 2.75) is 63.8 Å². The fraction of sp³-hybridized carbons (Fsp3) is 0.429. The molecular weight excluding hydrogens is 390 g/mol. The van der Waals surface area contributed by atoms with Crippen molar-refractivity contribution in [3.63, 3.8) is 0 Å². The Morgan fingerprint density at radius 2 is 1.90 bits per heavy atom. The van der Waals surface area contributed by atoms with Crippen LogP contribution in [0.1, 0.15) is 61.6 Å². The van der Waals surface area contributed by atoms with E-state index in [2.05, 4.69) is 15.2 Å². The van der Waals surface area contributed by atoms with Crippen LogP contribution in [0, 0.1) is 13.8 Å². The first-order chi connectivity index (χ1) is 13.8. The van der Waals surface area contributed by atoms with Crippen LogP contribution in [0.2, 0.25) is 0 Å². The zero-order valence-electron chi connectivity index (χ0n) is 17.0. The summed E-state index contributed by atoms with van der Waals surface area (Å²) in [6.07, 6.45) is 8.46. The van der Waals surface area contributed by atoms with E-state index in [1.807, 2.05) is 6.07 Å². The largest absolute Gasteiger partial charge is 0.354 e. The van der Waals surface area contributed by atoms with Crippen molar-refractivity contribution < 1.29 is 17.7 Å². The predicted octanol–water partition coefficient (Wildman–Crippen LogP) is 4.03. The molecule has 8 heteroatoms. The molecule has 1 aliphatic rings. The molecule has 1 aromatic heterocycles. The molecule has 0 spiro atoms. The highest BCUT2D eigenvalue weighted by molar-refractivity contribution is 7.89. The van der Waals surface area contributed by atoms with Gasteiger partial charge in [0.25, 0.3) is 0 Å². The number of benzene rings is 1. The summed E-state index contributed by atoms with van der Waals surface area (Å²) >= 11 is 0. The number of aromatic nitrogens is 1. The van der Waals surface area contributed by atoms with Gasteiger partial charge in [0.05, 0.1) is 4.90 Å². The topological polar surface area (TPSA) is 101 Å². The average molecular weight is 418 g/mol. The number of hydrogen-bond acceptors (Lipinski definition) is 5. The van der Waals surface area contributed by atoms with Gasteiger partial charge in [-0.3, -0.25) is 4.79 Å². The molecule has 0 atom stereocenters. The van der Waals surface area contributed by atoms with Gasteiger partial charge in [-0.15, -0.1) is 0 Å². The van der Waals surface area contributed by atoms with Crippen LogP contribution in [0.4, 0.5) is 5.69 Å². The molecule has 0 aliphatic heterocycles. The number of rotatable bonds is 6. The summed E-state index contributed by atoms with van der Waals surface area (Å²) in [5.74, 6) is 0.187. The molecule has 1 heterocycles. The maximum atomic E-state index is 12.9. The Bertz CT molecular complexity index is 1020. The van der Waals surface area contributed by atoms with E-state index < -0.39 is 10.0 Å². The van der Waals surface area contributed by atoms with E-state index in [4.69, 9.17) is 4.52 Å². The standard InChI is InChI=1S/C21H27N3O4S/c1-14-9-10-17(11-12-19-21(22-16(3)25)15(2)23-28-19)13-20(14)29(26,27)24-18-7-5-4-6-8-18/h9-13,18,24H,4-8H2,1-3H3,(H,22,25)/b12-11-. The molecule has 0 unspecified atom stereocenters. The van der Waals surface area contributed by atoms with Crippen LogP contribution in [0.25, 0.3) is 12.2 Å². The summed E-state index contributed by atoms with van der Waals surface area (Å²) < 4.78 is 33.9. The summed E-state index contributed by atoms with van der Waals surface area (Å²) in [5, 5.41) is 6.57. The molecule has 3 rings (SSSR count). The molecule has 1 fully saturated rings. The molecule has 1 aliphatic carbocycles. The van der Waals surface area contributed by atoms with Crippen molar-refractivity contribution in [3.05, 3.63) is 40.8 Å². The third-order valence-corrected chi connectivity index (χ3v) is 6.71. The minimum absolute atomic E-state index is 0.00438. The van der Waals surface area contributed by atoms with Crippen LogP contribution in [-0.4, -0.2) is 25.5 Å². The van der Waals surface area contributed by atoms with Gasteiger partial charge in [0.15, 0.2) is 5.76 Å². The van der Waals surface area contributed by atoms with Crippen molar-refractivity contribution >= 4 is 33.8 Å². The molecule has 156 valence electrons. The second-order valence-electron chi connectivity index (χ2n) is 7.50. The Kier molecular flexibility index (Phi) is 6.54. The molecule has 1 saturated carbocycles. The number of sulfonamides is 1. The fourth-order valence-corrected chi connectivity index (χ4v) is 5.10. The van der Waals surface area contributed by atoms with Crippen LogP contribution in [0.3, 0.4) is 0 Å². The second-order valence-corrected chi connectivity index (χ2v) is 9.19. The zero-order valence-corrected chi connectivity index (χ0v) is 17.8. The number of aryl methyl sites for hydroxylation is 2. The van der Waals surface area contributed by atoms with Crippen LogP contribution in [-0.2, 0) is 14.8 Å². The van der Waals surface area contributed by atoms with Gasteiger partial charge in [0.1, 0.15) is 11.4 Å². The molecule has 0 bridgehead atoms. The van der Waals surface area contributed by atoms with Crippen LogP contribution >= 0.6 is 0 Å². The summed E-state index contributed by atoms with van der Waals surface area (Å²) in [5.41, 5.74) is 2.48. The quantitative estimate of drug-likeness (QED) is 0.739. The normalized spacial score (nSPS) is 15.7. The highest BCUT2D eigenvalue weighted by Gasteiger charge is 2.23. The number of nitrogens with zero attached hydrogens (tertiary/aromatic N) is 1. The Morgan fingerprint density at radius 1 is 1.17 bits per heavy atom. The van der Waals surface area contributed by atoms with Crippen molar-refractivity contribution in [3.8, 4) is 0 Å². The first kappa shape index (κ1) is 21.3. The monoisotopic (exact) mass is 417 g/mol. The molecule has 7 nitrogen and oxygen atoms in total. The summed E-state index contributed by atoms with van der Waals surface area (Å²) in [6.45, 7) is 4.94. The second kappa shape index (κ2) is 8.92. The molecule has 1 aromatic carbocycles. The maximum absolute atomic E-state index is 12.9. The van der Waals surface area contributed by atoms with Crippen molar-refractivity contribution in [2.24, 2.45) is 0 Å². The number of carbonyl (C=O) groups is 1. The average Bonchev–Trinajstić information content (AvgIpc) is 3.00. The molecular formula is C21H27N3O4S. The zero-order chi connectivity index (χ0) is 21.0. The van der Waals surface area contributed by atoms with Gasteiger partial charge in [-0.2, -0.15) is 0 Å². The SMILES string of the molecule is CC(=O)Nc1c(C)noc1/C=C\c1ccc(C)c(S(=O)(=O)NC2CCCCC2)c1. The number of amides is 1. The molecule has 2 aromatic rings. The lowest BCUT2D eigenvalue weighted by molar-refractivity contribution is -0.114. The van der Waals surface area contributed by atoms with Crippen molar-refractivity contribution in [1.82, 2.24) is 9.88 Å². The molecule has 2 N–H and O–H groups in total. The summed E-state index contributed by atoms with van der Waals surface area (Å²) in [6, 6.07) is 5.28. The van der Waals surface area contributed by atoms with E-state index in [1.165, 1.54) is 13.3 Å². The molecule has 29 heavy (non-hydrogen) atoms. The van der Waals surface area contributed by atoms with Gasteiger partial charge < -0.3 is 9.84 Å². The Labute approximate surface area is 171 Å². The van der Waals surface area contributed by atoms with E-state index in [1.54, 1.807) is 38.1 Å². The lowest BCUT2D eigenvalue weighted by Crippen LogP contribution is -2.36. The van der Waals surface area contributed by atoms with E-state index >= 15 is 0 Å². The van der Waals surface area contributed by atoms with E-state index in [0.717, 1.165) is 25.7 Å². The summed E-state index contributed by atoms with van der Waals surface area (Å²) in [4.78, 5) is 11.6. The number of anilines is 1. The van der Waals surface area contributed by atoms with Gasteiger partial charge in [0.2, 0.25) is 15.9 Å². The predicted molar refractivity (Wildman–Crippen MR) is 113 cm³/mol. The molecule has 0 saturated heterocycles. The maximum Gasteiger partial charge on any atom is 0.241 e. The molecule has 1 amide bonds. The van der Waals surface area contributed by atoms with Crippen LogP contribution < -0.4 is 10.0 Å². The van der Waals surface area contributed by atoms with E-state index in [-0.39, 0.29) is 16.8 Å². The third-order valence-electron chi connectivity index (χ3n) is 5.05. The highest BCUT2D eigenvalue weighted by atomic mass is 32.2. The number of carbonyl (C=O) groups excluding carboxylic acids is 1. The lowest BCUT2D eigenvalue weighted by atomic mass is 9.96. The van der Waals surface area contributed by atoms with E-state index in [9.17, 15) is 13.2 Å². The van der Waals surface area contributed by atoms with Crippen molar-refractivity contribution in [1.29, 1.82) is 0 Å². The fourth-order valence-electron chi connectivity index (χ4n) is 3.51. The van der Waals surface area contributed by atoms with Crippen molar-refractivity contribution in [2.75, 3.05) is 5.32 Å². The van der Waals surface area contributed by atoms with Crippen LogP contribution in [0.5, 0.6) is 0 Å². The highest BCUT2D eigenvalue weighted by Crippen LogP contribution is 2.25. The van der Waals surface area contributed by atoms with Gasteiger partial charge in [-0.1, -0.05) is 42.6 Å². The number of nitrogens with one attached hydrogen (secondary N) is 2. The van der Waals surface area contributed by atoms with Gasteiger partial charge in [0, 0.05) is 13.0 Å². The van der Waals surface area contributed by atoms with Gasteiger partial charge in [-0.05, 0) is 50.0 Å². The Hall–Kier alpha value is -2.45. The summed E-state index contributed by atoms with van der Waals surface area (Å²) in [7, 11) is -3.59. The number of hydrogen-bond donors (Lipinski definition) is 2. The van der Waals surface area contributed by atoms with Gasteiger partial charge in [-0.25, -0.2) is 13.1 Å². The van der Waals surface area contributed by atoms with Gasteiger partial charge >= 0.3 is 0 Å². The van der Waals surface area contributed by atoms with Crippen LogP contribution in [0.15, 0.2) is 27.6 Å². The Balaban J connectivity index is 1.84.